The molecule has 2 rings (SSSR count). The largest absolute Gasteiger partial charge is 0.493 e. The minimum absolute atomic E-state index is 0.242. The quantitative estimate of drug-likeness (QED) is 0.631. The predicted octanol–water partition coefficient (Wildman–Crippen LogP) is 3.23. The lowest BCUT2D eigenvalue weighted by atomic mass is 10.2. The molecule has 0 fully saturated rings. The molecule has 2 aromatic rings. The summed E-state index contributed by atoms with van der Waals surface area (Å²) in [6, 6.07) is 14.0. The molecule has 5 heteroatoms. The van der Waals surface area contributed by atoms with E-state index in [-0.39, 0.29) is 5.56 Å². The molecule has 21 heavy (non-hydrogen) atoms. The molecule has 2 N–H and O–H groups in total. The van der Waals surface area contributed by atoms with Crippen molar-refractivity contribution in [1.82, 2.24) is 0 Å². The highest BCUT2D eigenvalue weighted by Crippen LogP contribution is 2.16. The molecule has 0 amide bonds. The second-order valence-corrected chi connectivity index (χ2v) is 4.22. The third-order valence-corrected chi connectivity index (χ3v) is 2.75. The van der Waals surface area contributed by atoms with Gasteiger partial charge in [0.15, 0.2) is 0 Å². The van der Waals surface area contributed by atoms with Gasteiger partial charge >= 0.3 is 5.97 Å². The van der Waals surface area contributed by atoms with Crippen LogP contribution < -0.4 is 10.2 Å². The number of benzene rings is 2. The summed E-state index contributed by atoms with van der Waals surface area (Å²) in [5, 5.41) is 12.9. The fourth-order valence-electron chi connectivity index (χ4n) is 1.74. The molecule has 0 aliphatic rings. The van der Waals surface area contributed by atoms with Crippen molar-refractivity contribution < 1.29 is 14.6 Å². The maximum Gasteiger partial charge on any atom is 0.335 e. The van der Waals surface area contributed by atoms with Crippen LogP contribution in [-0.2, 0) is 0 Å². The van der Waals surface area contributed by atoms with Crippen LogP contribution in [0.4, 0.5) is 5.69 Å². The number of nitrogens with zero attached hydrogens (tertiary/aromatic N) is 1. The van der Waals surface area contributed by atoms with Crippen molar-refractivity contribution in [3.8, 4) is 5.75 Å². The Labute approximate surface area is 122 Å². The Bertz CT molecular complexity index is 636. The SMILES string of the molecule is CCOc1ccccc1/C=N\Nc1ccc(C(=O)O)cc1. The van der Waals surface area contributed by atoms with E-state index >= 15 is 0 Å². The van der Waals surface area contributed by atoms with Crippen molar-refractivity contribution in [1.29, 1.82) is 0 Å². The first-order valence-corrected chi connectivity index (χ1v) is 6.55. The summed E-state index contributed by atoms with van der Waals surface area (Å²) < 4.78 is 5.50. The smallest absolute Gasteiger partial charge is 0.335 e. The van der Waals surface area contributed by atoms with Crippen LogP contribution in [0.1, 0.15) is 22.8 Å². The summed E-state index contributed by atoms with van der Waals surface area (Å²) in [4.78, 5) is 10.7. The van der Waals surface area contributed by atoms with E-state index in [2.05, 4.69) is 10.5 Å². The molecule has 0 bridgehead atoms. The van der Waals surface area contributed by atoms with Crippen molar-refractivity contribution >= 4 is 17.9 Å². The molecule has 0 aliphatic heterocycles. The average Bonchev–Trinajstić information content (AvgIpc) is 2.50. The van der Waals surface area contributed by atoms with Crippen molar-refractivity contribution in [2.45, 2.75) is 6.92 Å². The lowest BCUT2D eigenvalue weighted by molar-refractivity contribution is 0.0697. The molecule has 0 spiro atoms. The lowest BCUT2D eigenvalue weighted by Gasteiger charge is -2.06. The van der Waals surface area contributed by atoms with Gasteiger partial charge in [0.05, 0.1) is 24.1 Å². The Morgan fingerprint density at radius 2 is 1.95 bits per heavy atom. The number of hydrogen-bond acceptors (Lipinski definition) is 4. The number of aromatic carboxylic acids is 1. The number of para-hydroxylation sites is 1. The van der Waals surface area contributed by atoms with Gasteiger partial charge in [0, 0.05) is 5.56 Å². The number of carboxylic acid groups (broad SMARTS) is 1. The van der Waals surface area contributed by atoms with Crippen molar-refractivity contribution in [3.63, 3.8) is 0 Å². The van der Waals surface area contributed by atoms with E-state index in [1.54, 1.807) is 18.3 Å². The Kier molecular flexibility index (Phi) is 4.93. The Hall–Kier alpha value is -2.82. The van der Waals surface area contributed by atoms with E-state index in [4.69, 9.17) is 9.84 Å². The number of anilines is 1. The van der Waals surface area contributed by atoms with Gasteiger partial charge in [-0.25, -0.2) is 4.79 Å². The highest BCUT2D eigenvalue weighted by Gasteiger charge is 2.01. The lowest BCUT2D eigenvalue weighted by Crippen LogP contribution is -1.98. The highest BCUT2D eigenvalue weighted by molar-refractivity contribution is 5.88. The number of ether oxygens (including phenoxy) is 1. The van der Waals surface area contributed by atoms with Crippen LogP contribution in [0.5, 0.6) is 5.75 Å². The first kappa shape index (κ1) is 14.6. The summed E-state index contributed by atoms with van der Waals surface area (Å²) in [5.74, 6) is -0.178. The number of carboxylic acids is 1. The molecule has 0 saturated heterocycles. The summed E-state index contributed by atoms with van der Waals surface area (Å²) >= 11 is 0. The molecular formula is C16H16N2O3. The molecule has 0 aliphatic carbocycles. The maximum absolute atomic E-state index is 10.7. The Morgan fingerprint density at radius 1 is 1.24 bits per heavy atom. The normalized spacial score (nSPS) is 10.5. The zero-order valence-electron chi connectivity index (χ0n) is 11.6. The standard InChI is InChI=1S/C16H16N2O3/c1-2-21-15-6-4-3-5-13(15)11-17-18-14-9-7-12(8-10-14)16(19)20/h3-11,18H,2H2,1H3,(H,19,20)/b17-11-. The van der Waals surface area contributed by atoms with Gasteiger partial charge in [-0.1, -0.05) is 12.1 Å². The van der Waals surface area contributed by atoms with Crippen LogP contribution in [-0.4, -0.2) is 23.9 Å². The van der Waals surface area contributed by atoms with Crippen LogP contribution in [0, 0.1) is 0 Å². The zero-order chi connectivity index (χ0) is 15.1. The fraction of sp³-hybridized carbons (Fsp3) is 0.125. The van der Waals surface area contributed by atoms with Gasteiger partial charge in [0.25, 0.3) is 0 Å². The van der Waals surface area contributed by atoms with Gasteiger partial charge in [-0.2, -0.15) is 5.10 Å². The second kappa shape index (κ2) is 7.09. The zero-order valence-corrected chi connectivity index (χ0v) is 11.6. The topological polar surface area (TPSA) is 70.9 Å². The molecule has 5 nitrogen and oxygen atoms in total. The number of hydrazone groups is 1. The minimum Gasteiger partial charge on any atom is -0.493 e. The summed E-state index contributed by atoms with van der Waals surface area (Å²) in [6.07, 6.45) is 1.66. The molecule has 0 heterocycles. The van der Waals surface area contributed by atoms with Gasteiger partial charge in [-0.15, -0.1) is 0 Å². The average molecular weight is 284 g/mol. The second-order valence-electron chi connectivity index (χ2n) is 4.22. The molecule has 0 radical (unpaired) electrons. The molecule has 0 aromatic heterocycles. The fourth-order valence-corrected chi connectivity index (χ4v) is 1.74. The number of rotatable bonds is 6. The van der Waals surface area contributed by atoms with Crippen LogP contribution in [0.15, 0.2) is 53.6 Å². The predicted molar refractivity (Wildman–Crippen MR) is 82.2 cm³/mol. The molecule has 2 aromatic carbocycles. The third kappa shape index (κ3) is 4.07. The molecule has 0 saturated carbocycles. The Balaban J connectivity index is 2.03. The van der Waals surface area contributed by atoms with Gasteiger partial charge in [0.1, 0.15) is 5.75 Å². The van der Waals surface area contributed by atoms with Crippen molar-refractivity contribution in [2.24, 2.45) is 5.10 Å². The summed E-state index contributed by atoms with van der Waals surface area (Å²) in [7, 11) is 0. The molecule has 0 atom stereocenters. The minimum atomic E-state index is -0.948. The van der Waals surface area contributed by atoms with Gasteiger partial charge in [-0.3, -0.25) is 5.43 Å². The Morgan fingerprint density at radius 3 is 2.62 bits per heavy atom. The van der Waals surface area contributed by atoms with E-state index < -0.39 is 5.97 Å². The highest BCUT2D eigenvalue weighted by atomic mass is 16.5. The van der Waals surface area contributed by atoms with E-state index in [1.807, 2.05) is 31.2 Å². The van der Waals surface area contributed by atoms with Crippen LogP contribution in [0.2, 0.25) is 0 Å². The molecular weight excluding hydrogens is 268 g/mol. The monoisotopic (exact) mass is 284 g/mol. The summed E-state index contributed by atoms with van der Waals surface area (Å²) in [6.45, 7) is 2.52. The van der Waals surface area contributed by atoms with Crippen molar-refractivity contribution in [2.75, 3.05) is 12.0 Å². The van der Waals surface area contributed by atoms with Crippen LogP contribution >= 0.6 is 0 Å². The molecule has 0 unspecified atom stereocenters. The van der Waals surface area contributed by atoms with Gasteiger partial charge in [-0.05, 0) is 43.3 Å². The number of hydrogen-bond donors (Lipinski definition) is 2. The van der Waals surface area contributed by atoms with Crippen molar-refractivity contribution in [3.05, 3.63) is 59.7 Å². The van der Waals surface area contributed by atoms with E-state index in [0.717, 1.165) is 11.3 Å². The maximum atomic E-state index is 10.7. The van der Waals surface area contributed by atoms with E-state index in [9.17, 15) is 4.79 Å². The number of nitrogens with one attached hydrogen (secondary N) is 1. The van der Waals surface area contributed by atoms with E-state index in [1.165, 1.54) is 12.1 Å². The van der Waals surface area contributed by atoms with E-state index in [0.29, 0.717) is 12.3 Å². The third-order valence-electron chi connectivity index (χ3n) is 2.75. The first-order chi connectivity index (χ1) is 10.2. The first-order valence-electron chi connectivity index (χ1n) is 6.55. The van der Waals surface area contributed by atoms with Crippen LogP contribution in [0.25, 0.3) is 0 Å². The summed E-state index contributed by atoms with van der Waals surface area (Å²) in [5.41, 5.74) is 4.67. The van der Waals surface area contributed by atoms with Gasteiger partial charge < -0.3 is 9.84 Å². The van der Waals surface area contributed by atoms with Crippen LogP contribution in [0.3, 0.4) is 0 Å². The van der Waals surface area contributed by atoms with Gasteiger partial charge in [0.2, 0.25) is 0 Å². The number of carbonyl (C=O) groups is 1. The molecule has 108 valence electrons.